The Labute approximate surface area is 123 Å². The summed E-state index contributed by atoms with van der Waals surface area (Å²) in [4.78, 5) is 12.2. The highest BCUT2D eigenvalue weighted by molar-refractivity contribution is 5.80. The summed E-state index contributed by atoms with van der Waals surface area (Å²) in [7, 11) is 0. The third kappa shape index (κ3) is 4.74. The number of rotatable bonds is 7. The molecule has 0 heterocycles. The zero-order valence-electron chi connectivity index (χ0n) is 13.6. The fraction of sp³-hybridized carbons (Fsp3) is 0.938. The molecule has 118 valence electrons. The molecule has 4 nitrogen and oxygen atoms in total. The quantitative estimate of drug-likeness (QED) is 0.755. The van der Waals surface area contributed by atoms with Crippen molar-refractivity contribution >= 4 is 5.91 Å². The highest BCUT2D eigenvalue weighted by atomic mass is 16.5. The van der Waals surface area contributed by atoms with Gasteiger partial charge < -0.3 is 15.8 Å². The summed E-state index contributed by atoms with van der Waals surface area (Å²) in [6.45, 7) is 8.75. The van der Waals surface area contributed by atoms with Crippen molar-refractivity contribution in [2.75, 3.05) is 6.54 Å². The van der Waals surface area contributed by atoms with Gasteiger partial charge in [-0.3, -0.25) is 4.79 Å². The SMILES string of the molecule is CCC(CC)NC(=O)C(C)OC1(CN)CCCC(C)C1. The molecule has 0 aromatic heterocycles. The van der Waals surface area contributed by atoms with E-state index in [9.17, 15) is 4.79 Å². The number of amides is 1. The molecule has 0 aromatic rings. The minimum Gasteiger partial charge on any atom is -0.361 e. The molecular weight excluding hydrogens is 252 g/mol. The minimum absolute atomic E-state index is 0.00949. The van der Waals surface area contributed by atoms with E-state index in [-0.39, 0.29) is 17.6 Å². The zero-order valence-corrected chi connectivity index (χ0v) is 13.6. The van der Waals surface area contributed by atoms with Crippen molar-refractivity contribution in [3.8, 4) is 0 Å². The summed E-state index contributed by atoms with van der Waals surface area (Å²) in [6, 6.07) is 0.243. The number of carbonyl (C=O) groups excluding carboxylic acids is 1. The number of carbonyl (C=O) groups is 1. The molecule has 1 aliphatic carbocycles. The molecule has 3 unspecified atom stereocenters. The maximum absolute atomic E-state index is 12.2. The Hall–Kier alpha value is -0.610. The lowest BCUT2D eigenvalue weighted by Gasteiger charge is -2.40. The van der Waals surface area contributed by atoms with Crippen molar-refractivity contribution in [3.05, 3.63) is 0 Å². The number of hydrogen-bond acceptors (Lipinski definition) is 3. The van der Waals surface area contributed by atoms with Crippen molar-refractivity contribution in [1.29, 1.82) is 0 Å². The van der Waals surface area contributed by atoms with Gasteiger partial charge in [-0.25, -0.2) is 0 Å². The van der Waals surface area contributed by atoms with Gasteiger partial charge in [0.15, 0.2) is 0 Å². The zero-order chi connectivity index (χ0) is 15.2. The molecule has 1 rings (SSSR count). The highest BCUT2D eigenvalue weighted by Gasteiger charge is 2.37. The van der Waals surface area contributed by atoms with Crippen molar-refractivity contribution in [2.45, 2.75) is 84.0 Å². The van der Waals surface area contributed by atoms with E-state index in [4.69, 9.17) is 10.5 Å². The third-order valence-corrected chi connectivity index (χ3v) is 4.55. The summed E-state index contributed by atoms with van der Waals surface area (Å²) in [5, 5.41) is 3.05. The molecule has 0 radical (unpaired) electrons. The first-order chi connectivity index (χ1) is 9.46. The number of ether oxygens (including phenoxy) is 1. The molecule has 1 saturated carbocycles. The van der Waals surface area contributed by atoms with Crippen LogP contribution >= 0.6 is 0 Å². The predicted octanol–water partition coefficient (Wildman–Crippen LogP) is 2.60. The van der Waals surface area contributed by atoms with Gasteiger partial charge in [0.05, 0.1) is 5.60 Å². The van der Waals surface area contributed by atoms with Crippen LogP contribution in [0.5, 0.6) is 0 Å². The van der Waals surface area contributed by atoms with E-state index in [1.54, 1.807) is 0 Å². The Bertz CT molecular complexity index is 305. The van der Waals surface area contributed by atoms with E-state index in [0.717, 1.165) is 32.1 Å². The van der Waals surface area contributed by atoms with Gasteiger partial charge in [-0.15, -0.1) is 0 Å². The Kier molecular flexibility index (Phi) is 6.96. The maximum atomic E-state index is 12.2. The molecule has 3 atom stereocenters. The predicted molar refractivity (Wildman–Crippen MR) is 82.5 cm³/mol. The van der Waals surface area contributed by atoms with Gasteiger partial charge in [0.25, 0.3) is 0 Å². The van der Waals surface area contributed by atoms with E-state index in [1.807, 2.05) is 6.92 Å². The lowest BCUT2D eigenvalue weighted by atomic mass is 9.78. The fourth-order valence-electron chi connectivity index (χ4n) is 3.19. The molecular formula is C16H32N2O2. The molecule has 0 bridgehead atoms. The fourth-order valence-corrected chi connectivity index (χ4v) is 3.19. The van der Waals surface area contributed by atoms with Crippen LogP contribution in [0.4, 0.5) is 0 Å². The van der Waals surface area contributed by atoms with E-state index < -0.39 is 6.10 Å². The first-order valence-electron chi connectivity index (χ1n) is 8.14. The second-order valence-corrected chi connectivity index (χ2v) is 6.37. The van der Waals surface area contributed by atoms with Crippen molar-refractivity contribution in [3.63, 3.8) is 0 Å². The van der Waals surface area contributed by atoms with Crippen LogP contribution in [0, 0.1) is 5.92 Å². The smallest absolute Gasteiger partial charge is 0.249 e. The second-order valence-electron chi connectivity index (χ2n) is 6.37. The standard InChI is InChI=1S/C16H32N2O2/c1-5-14(6-2)18-15(19)13(4)20-16(11-17)9-7-8-12(3)10-16/h12-14H,5-11,17H2,1-4H3,(H,18,19). The van der Waals surface area contributed by atoms with Crippen LogP contribution in [0.3, 0.4) is 0 Å². The lowest BCUT2D eigenvalue weighted by Crippen LogP contribution is -2.50. The molecule has 0 aliphatic heterocycles. The summed E-state index contributed by atoms with van der Waals surface area (Å²) in [5.41, 5.74) is 5.64. The van der Waals surface area contributed by atoms with Gasteiger partial charge in [0.1, 0.15) is 6.10 Å². The Balaban J connectivity index is 2.58. The van der Waals surface area contributed by atoms with Crippen LogP contribution in [0.25, 0.3) is 0 Å². The molecule has 0 saturated heterocycles. The van der Waals surface area contributed by atoms with Crippen LogP contribution in [0.2, 0.25) is 0 Å². The van der Waals surface area contributed by atoms with Gasteiger partial charge in [-0.1, -0.05) is 33.6 Å². The first-order valence-corrected chi connectivity index (χ1v) is 8.14. The monoisotopic (exact) mass is 284 g/mol. The van der Waals surface area contributed by atoms with Crippen molar-refractivity contribution < 1.29 is 9.53 Å². The molecule has 20 heavy (non-hydrogen) atoms. The van der Waals surface area contributed by atoms with Gasteiger partial charge in [0, 0.05) is 12.6 Å². The Morgan fingerprint density at radius 3 is 2.60 bits per heavy atom. The summed E-state index contributed by atoms with van der Waals surface area (Å²) >= 11 is 0. The molecule has 0 aromatic carbocycles. The second kappa shape index (κ2) is 7.99. The normalized spacial score (nSPS) is 28.4. The molecule has 3 N–H and O–H groups in total. The van der Waals surface area contributed by atoms with Gasteiger partial charge in [-0.2, -0.15) is 0 Å². The van der Waals surface area contributed by atoms with Crippen LogP contribution < -0.4 is 11.1 Å². The Morgan fingerprint density at radius 1 is 1.45 bits per heavy atom. The molecule has 1 amide bonds. The lowest BCUT2D eigenvalue weighted by molar-refractivity contribution is -0.152. The van der Waals surface area contributed by atoms with Crippen LogP contribution in [0.1, 0.15) is 66.2 Å². The molecule has 0 spiro atoms. The average molecular weight is 284 g/mol. The molecule has 1 aliphatic rings. The first kappa shape index (κ1) is 17.4. The van der Waals surface area contributed by atoms with E-state index in [2.05, 4.69) is 26.1 Å². The number of nitrogens with one attached hydrogen (secondary N) is 1. The molecule has 4 heteroatoms. The van der Waals surface area contributed by atoms with Crippen molar-refractivity contribution in [1.82, 2.24) is 5.32 Å². The minimum atomic E-state index is -0.426. The molecule has 1 fully saturated rings. The number of nitrogens with two attached hydrogens (primary N) is 1. The summed E-state index contributed by atoms with van der Waals surface area (Å²) in [6.07, 6.45) is 5.79. The average Bonchev–Trinajstić information content (AvgIpc) is 2.44. The van der Waals surface area contributed by atoms with E-state index in [1.165, 1.54) is 6.42 Å². The van der Waals surface area contributed by atoms with Crippen molar-refractivity contribution in [2.24, 2.45) is 11.7 Å². The third-order valence-electron chi connectivity index (χ3n) is 4.55. The summed E-state index contributed by atoms with van der Waals surface area (Å²) < 4.78 is 6.11. The van der Waals surface area contributed by atoms with Gasteiger partial charge in [0.2, 0.25) is 5.91 Å². The van der Waals surface area contributed by atoms with E-state index in [0.29, 0.717) is 12.5 Å². The highest BCUT2D eigenvalue weighted by Crippen LogP contribution is 2.35. The number of hydrogen-bond donors (Lipinski definition) is 2. The maximum Gasteiger partial charge on any atom is 0.249 e. The van der Waals surface area contributed by atoms with Gasteiger partial charge in [-0.05, 0) is 38.5 Å². The van der Waals surface area contributed by atoms with Crippen LogP contribution in [-0.2, 0) is 9.53 Å². The van der Waals surface area contributed by atoms with Crippen LogP contribution in [-0.4, -0.2) is 30.2 Å². The summed E-state index contributed by atoms with van der Waals surface area (Å²) in [5.74, 6) is 0.617. The topological polar surface area (TPSA) is 64.3 Å². The van der Waals surface area contributed by atoms with Gasteiger partial charge >= 0.3 is 0 Å². The largest absolute Gasteiger partial charge is 0.361 e. The van der Waals surface area contributed by atoms with Crippen LogP contribution in [0.15, 0.2) is 0 Å². The van der Waals surface area contributed by atoms with E-state index >= 15 is 0 Å². The Morgan fingerprint density at radius 2 is 2.10 bits per heavy atom.